The number of carbonyl (C=O) groups is 2. The van der Waals surface area contributed by atoms with Crippen molar-refractivity contribution in [2.75, 3.05) is 13.1 Å². The van der Waals surface area contributed by atoms with Gasteiger partial charge in [-0.3, -0.25) is 19.1 Å². The predicted molar refractivity (Wildman–Crippen MR) is 114 cm³/mol. The second kappa shape index (κ2) is 8.78. The second-order valence-corrected chi connectivity index (χ2v) is 7.88. The molecule has 2 aromatic heterocycles. The Kier molecular flexibility index (Phi) is 5.89. The minimum Gasteiger partial charge on any atom is -0.505 e. The summed E-state index contributed by atoms with van der Waals surface area (Å²) in [5.41, 5.74) is -0.225. The van der Waals surface area contributed by atoms with Crippen LogP contribution < -0.4 is 5.56 Å². The fourth-order valence-corrected chi connectivity index (χ4v) is 4.01. The molecular weight excluding hydrogens is 417 g/mol. The standard InChI is InChI=1S/C23H22FN3O5/c24-16-6-4-14(5-7-16)10-15-11-17-20(25-12-15)21(29)19(23(31)32)22(30)27(17)13-18(28)26-8-2-1-3-9-26/h4-7,11-12,29H,1-3,8-10,13H2,(H,31,32). The van der Waals surface area contributed by atoms with Crippen LogP contribution in [0.2, 0.25) is 0 Å². The minimum atomic E-state index is -1.59. The Hall–Kier alpha value is -3.75. The van der Waals surface area contributed by atoms with Crippen LogP contribution in [0, 0.1) is 5.82 Å². The van der Waals surface area contributed by atoms with Gasteiger partial charge in [0.25, 0.3) is 5.56 Å². The van der Waals surface area contributed by atoms with E-state index in [1.54, 1.807) is 23.1 Å². The molecule has 1 aliphatic heterocycles. The summed E-state index contributed by atoms with van der Waals surface area (Å²) in [6.45, 7) is 0.824. The Morgan fingerprint density at radius 1 is 1.06 bits per heavy atom. The van der Waals surface area contributed by atoms with Crippen molar-refractivity contribution in [1.29, 1.82) is 0 Å². The largest absolute Gasteiger partial charge is 0.505 e. The van der Waals surface area contributed by atoms with E-state index in [1.165, 1.54) is 18.3 Å². The maximum Gasteiger partial charge on any atom is 0.345 e. The zero-order valence-electron chi connectivity index (χ0n) is 17.3. The molecular formula is C23H22FN3O5. The molecule has 32 heavy (non-hydrogen) atoms. The molecule has 4 rings (SSSR count). The molecule has 0 saturated carbocycles. The average Bonchev–Trinajstić information content (AvgIpc) is 2.78. The number of amides is 1. The van der Waals surface area contributed by atoms with Crippen LogP contribution in [0.1, 0.15) is 40.7 Å². The lowest BCUT2D eigenvalue weighted by Crippen LogP contribution is -2.40. The molecule has 166 valence electrons. The van der Waals surface area contributed by atoms with Gasteiger partial charge in [-0.15, -0.1) is 0 Å². The summed E-state index contributed by atoms with van der Waals surface area (Å²) in [6, 6.07) is 7.51. The number of aromatic carboxylic acids is 1. The Bertz CT molecular complexity index is 1250. The van der Waals surface area contributed by atoms with Crippen molar-refractivity contribution in [2.45, 2.75) is 32.2 Å². The van der Waals surface area contributed by atoms with Crippen LogP contribution in [0.15, 0.2) is 41.3 Å². The number of benzene rings is 1. The van der Waals surface area contributed by atoms with Crippen LogP contribution in [0.25, 0.3) is 11.0 Å². The molecule has 1 fully saturated rings. The van der Waals surface area contributed by atoms with Gasteiger partial charge < -0.3 is 15.1 Å². The summed E-state index contributed by atoms with van der Waals surface area (Å²) in [7, 11) is 0. The molecule has 0 aliphatic carbocycles. The van der Waals surface area contributed by atoms with E-state index < -0.39 is 22.8 Å². The number of fused-ring (bicyclic) bond motifs is 1. The van der Waals surface area contributed by atoms with E-state index in [-0.39, 0.29) is 29.3 Å². The Morgan fingerprint density at radius 2 is 1.75 bits per heavy atom. The van der Waals surface area contributed by atoms with E-state index in [2.05, 4.69) is 4.98 Å². The fourth-order valence-electron chi connectivity index (χ4n) is 4.01. The van der Waals surface area contributed by atoms with E-state index in [0.29, 0.717) is 25.1 Å². The number of hydrogen-bond donors (Lipinski definition) is 2. The lowest BCUT2D eigenvalue weighted by atomic mass is 10.1. The summed E-state index contributed by atoms with van der Waals surface area (Å²) in [5.74, 6) is -2.97. The molecule has 0 bridgehead atoms. The molecule has 1 aromatic carbocycles. The molecule has 9 heteroatoms. The molecule has 1 saturated heterocycles. The number of carboxylic acids is 1. The summed E-state index contributed by atoms with van der Waals surface area (Å²) in [5, 5.41) is 19.9. The lowest BCUT2D eigenvalue weighted by Gasteiger charge is -2.27. The number of pyridine rings is 2. The Labute approximate surface area is 182 Å². The van der Waals surface area contributed by atoms with Crippen molar-refractivity contribution in [2.24, 2.45) is 0 Å². The number of piperidine rings is 1. The summed E-state index contributed by atoms with van der Waals surface area (Å²) in [4.78, 5) is 43.3. The van der Waals surface area contributed by atoms with Gasteiger partial charge in [-0.05, 0) is 55.0 Å². The number of rotatable bonds is 5. The second-order valence-electron chi connectivity index (χ2n) is 7.88. The average molecular weight is 439 g/mol. The predicted octanol–water partition coefficient (Wildman–Crippen LogP) is 2.54. The van der Waals surface area contributed by atoms with Gasteiger partial charge in [0.15, 0.2) is 11.3 Å². The van der Waals surface area contributed by atoms with Crippen LogP contribution in [0.3, 0.4) is 0 Å². The van der Waals surface area contributed by atoms with E-state index in [1.807, 2.05) is 0 Å². The first-order chi connectivity index (χ1) is 15.3. The number of hydrogen-bond acceptors (Lipinski definition) is 5. The van der Waals surface area contributed by atoms with Gasteiger partial charge in [-0.1, -0.05) is 12.1 Å². The smallest absolute Gasteiger partial charge is 0.345 e. The molecule has 0 spiro atoms. The molecule has 3 aromatic rings. The van der Waals surface area contributed by atoms with Crippen LogP contribution in [0.5, 0.6) is 5.75 Å². The number of nitrogens with zero attached hydrogens (tertiary/aromatic N) is 3. The van der Waals surface area contributed by atoms with E-state index >= 15 is 0 Å². The number of likely N-dealkylation sites (tertiary alicyclic amines) is 1. The zero-order valence-corrected chi connectivity index (χ0v) is 17.3. The molecule has 0 atom stereocenters. The van der Waals surface area contributed by atoms with Gasteiger partial charge in [-0.25, -0.2) is 9.18 Å². The van der Waals surface area contributed by atoms with Gasteiger partial charge >= 0.3 is 5.97 Å². The van der Waals surface area contributed by atoms with Crippen LogP contribution in [0.4, 0.5) is 4.39 Å². The summed E-state index contributed by atoms with van der Waals surface area (Å²) in [6.07, 6.45) is 4.62. The third-order valence-electron chi connectivity index (χ3n) is 5.67. The number of carbonyl (C=O) groups excluding carboxylic acids is 1. The van der Waals surface area contributed by atoms with Crippen molar-refractivity contribution < 1.29 is 24.2 Å². The molecule has 1 amide bonds. The van der Waals surface area contributed by atoms with Crippen molar-refractivity contribution in [3.05, 3.63) is 69.4 Å². The molecule has 1 aliphatic rings. The zero-order chi connectivity index (χ0) is 22.8. The topological polar surface area (TPSA) is 113 Å². The van der Waals surface area contributed by atoms with Crippen LogP contribution in [-0.2, 0) is 17.8 Å². The van der Waals surface area contributed by atoms with Crippen LogP contribution in [-0.4, -0.2) is 49.6 Å². The van der Waals surface area contributed by atoms with Crippen molar-refractivity contribution in [3.8, 4) is 5.75 Å². The third-order valence-corrected chi connectivity index (χ3v) is 5.67. The first-order valence-corrected chi connectivity index (χ1v) is 10.3. The molecule has 8 nitrogen and oxygen atoms in total. The highest BCUT2D eigenvalue weighted by Crippen LogP contribution is 2.26. The first kappa shape index (κ1) is 21.5. The van der Waals surface area contributed by atoms with Crippen LogP contribution >= 0.6 is 0 Å². The number of halogens is 1. The van der Waals surface area contributed by atoms with E-state index in [0.717, 1.165) is 29.4 Å². The highest BCUT2D eigenvalue weighted by molar-refractivity contribution is 5.97. The van der Waals surface area contributed by atoms with Gasteiger partial charge in [0.1, 0.15) is 17.9 Å². The highest BCUT2D eigenvalue weighted by Gasteiger charge is 2.25. The van der Waals surface area contributed by atoms with E-state index in [4.69, 9.17) is 0 Å². The number of carboxylic acid groups (broad SMARTS) is 1. The van der Waals surface area contributed by atoms with Gasteiger partial charge in [0, 0.05) is 19.3 Å². The minimum absolute atomic E-state index is 0.0729. The SMILES string of the molecule is O=C(O)c1c(O)c2ncc(Cc3ccc(F)cc3)cc2n(CC(=O)N2CCCCC2)c1=O. The number of aromatic nitrogens is 2. The fraction of sp³-hybridized carbons (Fsp3) is 0.304. The van der Waals surface area contributed by atoms with Crippen molar-refractivity contribution in [3.63, 3.8) is 0 Å². The van der Waals surface area contributed by atoms with Gasteiger partial charge in [-0.2, -0.15) is 0 Å². The highest BCUT2D eigenvalue weighted by atomic mass is 19.1. The summed E-state index contributed by atoms with van der Waals surface area (Å²) < 4.78 is 14.3. The van der Waals surface area contributed by atoms with Crippen molar-refractivity contribution in [1.82, 2.24) is 14.5 Å². The maximum atomic E-state index is 13.2. The normalized spacial score (nSPS) is 14.0. The maximum absolute atomic E-state index is 13.2. The first-order valence-electron chi connectivity index (χ1n) is 10.3. The lowest BCUT2D eigenvalue weighted by molar-refractivity contribution is -0.132. The Balaban J connectivity index is 1.80. The molecule has 0 unspecified atom stereocenters. The molecule has 3 heterocycles. The van der Waals surface area contributed by atoms with Gasteiger partial charge in [0.2, 0.25) is 5.91 Å². The van der Waals surface area contributed by atoms with Crippen molar-refractivity contribution >= 4 is 22.9 Å². The molecule has 2 N–H and O–H groups in total. The van der Waals surface area contributed by atoms with Gasteiger partial charge in [0.05, 0.1) is 5.52 Å². The summed E-state index contributed by atoms with van der Waals surface area (Å²) >= 11 is 0. The quantitative estimate of drug-likeness (QED) is 0.632. The third kappa shape index (κ3) is 4.18. The molecule has 0 radical (unpaired) electrons. The Morgan fingerprint density at radius 3 is 2.41 bits per heavy atom. The number of aromatic hydroxyl groups is 1. The monoisotopic (exact) mass is 439 g/mol. The van der Waals surface area contributed by atoms with E-state index in [9.17, 15) is 29.0 Å².